The van der Waals surface area contributed by atoms with Gasteiger partial charge in [0.05, 0.1) is 10.2 Å². The number of hydrogen-bond acceptors (Lipinski definition) is 7. The summed E-state index contributed by atoms with van der Waals surface area (Å²) >= 11 is 7.57. The van der Waals surface area contributed by atoms with E-state index in [1.165, 1.54) is 11.3 Å². The van der Waals surface area contributed by atoms with E-state index in [-0.39, 0.29) is 17.6 Å². The third kappa shape index (κ3) is 3.57. The Hall–Kier alpha value is -2.52. The fraction of sp³-hybridized carbons (Fsp3) is 0.500. The first kappa shape index (κ1) is 21.3. The first-order valence-electron chi connectivity index (χ1n) is 10.9. The highest BCUT2D eigenvalue weighted by Gasteiger charge is 2.42. The molecule has 0 aliphatic carbocycles. The molecule has 0 saturated carbocycles. The van der Waals surface area contributed by atoms with Crippen molar-refractivity contribution in [1.82, 2.24) is 14.9 Å². The summed E-state index contributed by atoms with van der Waals surface area (Å²) in [6.45, 7) is 6.11. The van der Waals surface area contributed by atoms with E-state index in [4.69, 9.17) is 16.6 Å². The summed E-state index contributed by atoms with van der Waals surface area (Å²) in [6, 6.07) is 2.02. The summed E-state index contributed by atoms with van der Waals surface area (Å²) in [7, 11) is 0. The fourth-order valence-electron chi connectivity index (χ4n) is 5.01. The molecule has 32 heavy (non-hydrogen) atoms. The summed E-state index contributed by atoms with van der Waals surface area (Å²) in [4.78, 5) is 42.2. The van der Waals surface area contributed by atoms with Gasteiger partial charge in [0.25, 0.3) is 5.91 Å². The number of aryl methyl sites for hydroxylation is 1. The monoisotopic (exact) mass is 473 g/mol. The molecule has 2 atom stereocenters. The Balaban J connectivity index is 1.32. The number of fused-ring (bicyclic) bond motifs is 2. The maximum absolute atomic E-state index is 13.1. The number of carbonyl (C=O) groups excluding carboxylic acids is 1. The van der Waals surface area contributed by atoms with Crippen molar-refractivity contribution in [2.45, 2.75) is 45.6 Å². The lowest BCUT2D eigenvalue weighted by Crippen LogP contribution is -2.49. The molecule has 1 amide bonds. The molecule has 0 aromatic carbocycles. The summed E-state index contributed by atoms with van der Waals surface area (Å²) in [6.07, 6.45) is 3.15. The van der Waals surface area contributed by atoms with E-state index >= 15 is 0 Å². The molecular formula is C22H24ClN5O3S. The van der Waals surface area contributed by atoms with Gasteiger partial charge in [-0.1, -0.05) is 29.9 Å². The molecule has 2 saturated heterocycles. The molecule has 3 aliphatic heterocycles. The number of carbonyl (C=O) groups is 2. The van der Waals surface area contributed by atoms with Gasteiger partial charge < -0.3 is 14.9 Å². The molecule has 0 spiro atoms. The Bertz CT molecular complexity index is 1190. The van der Waals surface area contributed by atoms with Gasteiger partial charge in [0.2, 0.25) is 0 Å². The first-order valence-corrected chi connectivity index (χ1v) is 12.1. The van der Waals surface area contributed by atoms with Crippen LogP contribution in [0, 0.1) is 12.8 Å². The number of piperidine rings is 1. The van der Waals surface area contributed by atoms with Gasteiger partial charge in [-0.3, -0.25) is 4.79 Å². The molecule has 2 aromatic heterocycles. The third-order valence-electron chi connectivity index (χ3n) is 6.64. The summed E-state index contributed by atoms with van der Waals surface area (Å²) in [5, 5.41) is 10.8. The van der Waals surface area contributed by atoms with Crippen molar-refractivity contribution in [2.75, 3.05) is 24.5 Å². The molecule has 0 unspecified atom stereocenters. The fourth-order valence-corrected chi connectivity index (χ4v) is 6.37. The van der Waals surface area contributed by atoms with Gasteiger partial charge in [-0.05, 0) is 43.7 Å². The Kier molecular flexibility index (Phi) is 5.41. The molecule has 2 fully saturated rings. The number of rotatable bonds is 4. The normalized spacial score (nSPS) is 23.2. The lowest BCUT2D eigenvalue weighted by Gasteiger charge is -2.37. The van der Waals surface area contributed by atoms with E-state index in [0.717, 1.165) is 49.6 Å². The van der Waals surface area contributed by atoms with Gasteiger partial charge in [0.15, 0.2) is 10.8 Å². The standard InChI is InChI=1S/C22H24ClN5O3S/c1-3-12-9-15(25-19(12)23)20(29)28-7-4-13-10-27(6-5-16(13)28)22-26-14-8-11(2)24-17(21(30)31)18(14)32-22/h8,13,16H,3-7,9-10H2,1-2H3,(H,30,31)/t13-,16+/m0/s1. The van der Waals surface area contributed by atoms with Crippen LogP contribution in [-0.4, -0.2) is 63.2 Å². The van der Waals surface area contributed by atoms with Crippen LogP contribution in [0.1, 0.15) is 48.8 Å². The molecule has 2 aromatic rings. The van der Waals surface area contributed by atoms with Crippen LogP contribution in [-0.2, 0) is 4.79 Å². The van der Waals surface area contributed by atoms with Gasteiger partial charge in [0.1, 0.15) is 10.9 Å². The van der Waals surface area contributed by atoms with Crippen molar-refractivity contribution < 1.29 is 14.7 Å². The predicted octanol–water partition coefficient (Wildman–Crippen LogP) is 3.83. The second-order valence-electron chi connectivity index (χ2n) is 8.59. The molecular weight excluding hydrogens is 450 g/mol. The minimum atomic E-state index is -1.03. The average Bonchev–Trinajstić information content (AvgIpc) is 3.47. The lowest BCUT2D eigenvalue weighted by molar-refractivity contribution is -0.125. The number of pyridine rings is 1. The van der Waals surface area contributed by atoms with E-state index in [9.17, 15) is 14.7 Å². The highest BCUT2D eigenvalue weighted by molar-refractivity contribution is 7.22. The Morgan fingerprint density at radius 1 is 1.28 bits per heavy atom. The zero-order valence-corrected chi connectivity index (χ0v) is 19.5. The van der Waals surface area contributed by atoms with Gasteiger partial charge >= 0.3 is 5.97 Å². The maximum Gasteiger partial charge on any atom is 0.356 e. The number of aliphatic imine (C=N–C) groups is 1. The van der Waals surface area contributed by atoms with E-state index in [0.29, 0.717) is 39.1 Å². The number of amides is 1. The van der Waals surface area contributed by atoms with Crippen LogP contribution in [0.2, 0.25) is 0 Å². The van der Waals surface area contributed by atoms with E-state index in [1.54, 1.807) is 6.92 Å². The minimum absolute atomic E-state index is 0.0141. The molecule has 8 nitrogen and oxygen atoms in total. The number of aromatic nitrogens is 2. The van der Waals surface area contributed by atoms with Crippen LogP contribution in [0.4, 0.5) is 5.13 Å². The predicted molar refractivity (Wildman–Crippen MR) is 125 cm³/mol. The van der Waals surface area contributed by atoms with Gasteiger partial charge in [-0.15, -0.1) is 0 Å². The first-order chi connectivity index (χ1) is 15.4. The summed E-state index contributed by atoms with van der Waals surface area (Å²) in [5.41, 5.74) is 2.97. The number of allylic oxidation sites excluding steroid dienone is 1. The highest BCUT2D eigenvalue weighted by atomic mass is 35.5. The van der Waals surface area contributed by atoms with Crippen LogP contribution >= 0.6 is 22.9 Å². The Labute approximate surface area is 194 Å². The molecule has 10 heteroatoms. The Morgan fingerprint density at radius 2 is 2.09 bits per heavy atom. The van der Waals surface area contributed by atoms with Crippen molar-refractivity contribution in [1.29, 1.82) is 0 Å². The lowest BCUT2D eigenvalue weighted by atomic mass is 9.93. The zero-order valence-electron chi connectivity index (χ0n) is 18.0. The van der Waals surface area contributed by atoms with E-state index in [1.807, 2.05) is 17.9 Å². The Morgan fingerprint density at radius 3 is 2.81 bits per heavy atom. The number of carboxylic acids is 1. The smallest absolute Gasteiger partial charge is 0.356 e. The van der Waals surface area contributed by atoms with Crippen molar-refractivity contribution in [3.63, 3.8) is 0 Å². The largest absolute Gasteiger partial charge is 0.476 e. The molecule has 1 N–H and O–H groups in total. The quantitative estimate of drug-likeness (QED) is 0.677. The van der Waals surface area contributed by atoms with Crippen LogP contribution in [0.15, 0.2) is 21.8 Å². The SMILES string of the molecule is CCC1=C(Cl)N=C(C(=O)N2CC[C@H]3CN(c4nc5cc(C)nc(C(=O)O)c5s4)CC[C@H]32)C1. The van der Waals surface area contributed by atoms with Crippen LogP contribution < -0.4 is 4.90 Å². The van der Waals surface area contributed by atoms with Crippen molar-refractivity contribution in [3.8, 4) is 0 Å². The number of hydrogen-bond donors (Lipinski definition) is 1. The number of nitrogens with zero attached hydrogens (tertiary/aromatic N) is 5. The second kappa shape index (κ2) is 8.12. The van der Waals surface area contributed by atoms with Crippen molar-refractivity contribution in [3.05, 3.63) is 28.2 Å². The number of aromatic carboxylic acids is 1. The van der Waals surface area contributed by atoms with E-state index < -0.39 is 5.97 Å². The molecule has 3 aliphatic rings. The number of anilines is 1. The highest BCUT2D eigenvalue weighted by Crippen LogP contribution is 2.38. The third-order valence-corrected chi connectivity index (χ3v) is 8.13. The van der Waals surface area contributed by atoms with Gasteiger partial charge in [-0.25, -0.2) is 19.8 Å². The topological polar surface area (TPSA) is 99.0 Å². The van der Waals surface area contributed by atoms with Gasteiger partial charge in [-0.2, -0.15) is 0 Å². The molecule has 5 rings (SSSR count). The van der Waals surface area contributed by atoms with Crippen molar-refractivity contribution >= 4 is 55.9 Å². The molecule has 0 bridgehead atoms. The number of thiazole rings is 1. The molecule has 168 valence electrons. The van der Waals surface area contributed by atoms with Crippen molar-refractivity contribution in [2.24, 2.45) is 10.9 Å². The molecule has 0 radical (unpaired) electrons. The van der Waals surface area contributed by atoms with Crippen LogP contribution in [0.25, 0.3) is 10.2 Å². The second-order valence-corrected chi connectivity index (χ2v) is 9.93. The minimum Gasteiger partial charge on any atom is -0.476 e. The molecule has 5 heterocycles. The number of halogens is 1. The number of likely N-dealkylation sites (tertiary alicyclic amines) is 1. The summed E-state index contributed by atoms with van der Waals surface area (Å²) in [5.74, 6) is -0.664. The maximum atomic E-state index is 13.1. The van der Waals surface area contributed by atoms with Gasteiger partial charge in [0, 0.05) is 37.8 Å². The van der Waals surface area contributed by atoms with Crippen LogP contribution in [0.5, 0.6) is 0 Å². The number of carboxylic acid groups (broad SMARTS) is 1. The summed E-state index contributed by atoms with van der Waals surface area (Å²) < 4.78 is 0.610. The van der Waals surface area contributed by atoms with Crippen LogP contribution in [0.3, 0.4) is 0 Å². The average molecular weight is 474 g/mol. The van der Waals surface area contributed by atoms with E-state index in [2.05, 4.69) is 14.9 Å². The zero-order chi connectivity index (χ0) is 22.6.